The van der Waals surface area contributed by atoms with Crippen molar-refractivity contribution in [3.05, 3.63) is 33.9 Å². The van der Waals surface area contributed by atoms with Gasteiger partial charge in [0.2, 0.25) is 10.0 Å². The average molecular weight is 296 g/mol. The summed E-state index contributed by atoms with van der Waals surface area (Å²) in [6.45, 7) is 1.82. The topological polar surface area (TPSA) is 115 Å². The molecule has 3 N–H and O–H groups in total. The second-order valence-corrected chi connectivity index (χ2v) is 5.13. The zero-order valence-corrected chi connectivity index (χ0v) is 11.3. The fourth-order valence-electron chi connectivity index (χ4n) is 1.26. The minimum Gasteiger partial charge on any atom is -0.329 e. The van der Waals surface area contributed by atoms with Crippen molar-refractivity contribution in [3.63, 3.8) is 0 Å². The standard InChI is InChI=1S/C9H13N3O4S.ClH/c1-7-2-3-8(12(13)14)6-9(7)17(15,16)11-5-4-10;/h2-3,6,11H,4-5,10H2,1H3;1H. The van der Waals surface area contributed by atoms with Gasteiger partial charge in [-0.1, -0.05) is 6.07 Å². The molecule has 0 bridgehead atoms. The van der Waals surface area contributed by atoms with Crippen molar-refractivity contribution in [2.24, 2.45) is 5.73 Å². The first-order chi connectivity index (χ1) is 7.88. The van der Waals surface area contributed by atoms with Gasteiger partial charge in [0, 0.05) is 25.2 Å². The maximum Gasteiger partial charge on any atom is 0.270 e. The zero-order valence-electron chi connectivity index (χ0n) is 9.62. The minimum atomic E-state index is -3.74. The first-order valence-corrected chi connectivity index (χ1v) is 6.31. The van der Waals surface area contributed by atoms with Gasteiger partial charge in [-0.05, 0) is 12.5 Å². The number of nitrogens with zero attached hydrogens (tertiary/aromatic N) is 1. The summed E-state index contributed by atoms with van der Waals surface area (Å²) in [7, 11) is -3.74. The fraction of sp³-hybridized carbons (Fsp3) is 0.333. The van der Waals surface area contributed by atoms with Crippen LogP contribution in [0.15, 0.2) is 23.1 Å². The molecule has 1 aromatic rings. The van der Waals surface area contributed by atoms with Crippen LogP contribution in [0.3, 0.4) is 0 Å². The van der Waals surface area contributed by atoms with Gasteiger partial charge in [-0.15, -0.1) is 12.4 Å². The number of sulfonamides is 1. The number of hydrogen-bond donors (Lipinski definition) is 2. The third-order valence-electron chi connectivity index (χ3n) is 2.11. The van der Waals surface area contributed by atoms with Gasteiger partial charge in [0.05, 0.1) is 9.82 Å². The number of hydrogen-bond acceptors (Lipinski definition) is 5. The Labute approximate surface area is 111 Å². The summed E-state index contributed by atoms with van der Waals surface area (Å²) in [5, 5.41) is 10.6. The number of aryl methyl sites for hydroxylation is 1. The molecular formula is C9H14ClN3O4S. The predicted molar refractivity (Wildman–Crippen MR) is 69.3 cm³/mol. The van der Waals surface area contributed by atoms with E-state index in [0.29, 0.717) is 5.56 Å². The highest BCUT2D eigenvalue weighted by Crippen LogP contribution is 2.21. The molecule has 102 valence electrons. The molecule has 0 aliphatic rings. The molecule has 1 aromatic carbocycles. The number of nitrogens with one attached hydrogen (secondary N) is 1. The second-order valence-electron chi connectivity index (χ2n) is 3.39. The Kier molecular flexibility index (Phi) is 6.19. The van der Waals surface area contributed by atoms with E-state index in [0.717, 1.165) is 6.07 Å². The molecule has 0 aliphatic heterocycles. The van der Waals surface area contributed by atoms with Crippen LogP contribution in [0.25, 0.3) is 0 Å². The number of nitrogens with two attached hydrogens (primary N) is 1. The van der Waals surface area contributed by atoms with E-state index in [9.17, 15) is 18.5 Å². The number of nitro groups is 1. The van der Waals surface area contributed by atoms with E-state index in [-0.39, 0.29) is 36.1 Å². The van der Waals surface area contributed by atoms with Crippen LogP contribution in [0.4, 0.5) is 5.69 Å². The van der Waals surface area contributed by atoms with Crippen LogP contribution >= 0.6 is 12.4 Å². The van der Waals surface area contributed by atoms with Crippen LogP contribution in [0.5, 0.6) is 0 Å². The van der Waals surface area contributed by atoms with Crippen molar-refractivity contribution < 1.29 is 13.3 Å². The van der Waals surface area contributed by atoms with Crippen molar-refractivity contribution in [1.29, 1.82) is 0 Å². The van der Waals surface area contributed by atoms with Crippen LogP contribution in [0.1, 0.15) is 5.56 Å². The van der Waals surface area contributed by atoms with Gasteiger partial charge in [-0.25, -0.2) is 13.1 Å². The van der Waals surface area contributed by atoms with E-state index in [1.54, 1.807) is 6.92 Å². The average Bonchev–Trinajstić information content (AvgIpc) is 2.26. The Bertz CT molecular complexity index is 533. The van der Waals surface area contributed by atoms with Crippen LogP contribution in [-0.4, -0.2) is 26.4 Å². The molecule has 1 rings (SSSR count). The minimum absolute atomic E-state index is 0. The van der Waals surface area contributed by atoms with Crippen molar-refractivity contribution in [1.82, 2.24) is 4.72 Å². The van der Waals surface area contributed by atoms with Crippen LogP contribution < -0.4 is 10.5 Å². The highest BCUT2D eigenvalue weighted by Gasteiger charge is 2.19. The molecule has 0 heterocycles. The number of non-ortho nitro benzene ring substituents is 1. The third-order valence-corrected chi connectivity index (χ3v) is 3.71. The summed E-state index contributed by atoms with van der Waals surface area (Å²) >= 11 is 0. The lowest BCUT2D eigenvalue weighted by Gasteiger charge is -2.08. The van der Waals surface area contributed by atoms with Crippen molar-refractivity contribution in [2.75, 3.05) is 13.1 Å². The van der Waals surface area contributed by atoms with Crippen LogP contribution in [0.2, 0.25) is 0 Å². The van der Waals surface area contributed by atoms with E-state index in [1.165, 1.54) is 12.1 Å². The molecular weight excluding hydrogens is 282 g/mol. The van der Waals surface area contributed by atoms with Crippen LogP contribution in [-0.2, 0) is 10.0 Å². The zero-order chi connectivity index (χ0) is 13.1. The molecule has 0 aromatic heterocycles. The number of rotatable bonds is 5. The van der Waals surface area contributed by atoms with E-state index < -0.39 is 14.9 Å². The number of halogens is 1. The SMILES string of the molecule is Cc1ccc([N+](=O)[O-])cc1S(=O)(=O)NCCN.Cl. The molecule has 18 heavy (non-hydrogen) atoms. The normalized spacial score (nSPS) is 10.8. The lowest BCUT2D eigenvalue weighted by atomic mass is 10.2. The third kappa shape index (κ3) is 3.91. The number of nitro benzene ring substituents is 1. The molecule has 0 atom stereocenters. The van der Waals surface area contributed by atoms with E-state index >= 15 is 0 Å². The molecule has 0 amide bonds. The van der Waals surface area contributed by atoms with Gasteiger partial charge >= 0.3 is 0 Å². The molecule has 0 spiro atoms. The molecule has 9 heteroatoms. The van der Waals surface area contributed by atoms with Gasteiger partial charge in [-0.3, -0.25) is 10.1 Å². The first-order valence-electron chi connectivity index (χ1n) is 4.83. The summed E-state index contributed by atoms with van der Waals surface area (Å²) in [4.78, 5) is 9.84. The summed E-state index contributed by atoms with van der Waals surface area (Å²) in [6.07, 6.45) is 0. The Morgan fingerprint density at radius 3 is 2.56 bits per heavy atom. The molecule has 0 radical (unpaired) electrons. The predicted octanol–water partition coefficient (Wildman–Crippen LogP) is 0.562. The number of benzene rings is 1. The lowest BCUT2D eigenvalue weighted by Crippen LogP contribution is -2.29. The fourth-order valence-corrected chi connectivity index (χ4v) is 2.57. The Morgan fingerprint density at radius 2 is 2.06 bits per heavy atom. The van der Waals surface area contributed by atoms with Crippen molar-refractivity contribution in [2.45, 2.75) is 11.8 Å². The Morgan fingerprint density at radius 1 is 1.44 bits per heavy atom. The van der Waals surface area contributed by atoms with Gasteiger partial charge in [0.25, 0.3) is 5.69 Å². The van der Waals surface area contributed by atoms with Crippen LogP contribution in [0, 0.1) is 17.0 Å². The quantitative estimate of drug-likeness (QED) is 0.608. The van der Waals surface area contributed by atoms with Gasteiger partial charge in [0.1, 0.15) is 0 Å². The van der Waals surface area contributed by atoms with Gasteiger partial charge < -0.3 is 5.73 Å². The van der Waals surface area contributed by atoms with E-state index in [4.69, 9.17) is 5.73 Å². The van der Waals surface area contributed by atoms with E-state index in [2.05, 4.69) is 4.72 Å². The summed E-state index contributed by atoms with van der Waals surface area (Å²) in [6, 6.07) is 3.70. The van der Waals surface area contributed by atoms with Crippen molar-refractivity contribution >= 4 is 28.1 Å². The first kappa shape index (κ1) is 16.8. The second kappa shape index (κ2) is 6.64. The Balaban J connectivity index is 0.00000289. The monoisotopic (exact) mass is 295 g/mol. The highest BCUT2D eigenvalue weighted by molar-refractivity contribution is 7.89. The molecule has 0 unspecified atom stereocenters. The molecule has 0 saturated carbocycles. The molecule has 0 saturated heterocycles. The molecule has 0 aliphatic carbocycles. The van der Waals surface area contributed by atoms with E-state index in [1.807, 2.05) is 0 Å². The largest absolute Gasteiger partial charge is 0.329 e. The highest BCUT2D eigenvalue weighted by atomic mass is 35.5. The van der Waals surface area contributed by atoms with Gasteiger partial charge in [0.15, 0.2) is 0 Å². The van der Waals surface area contributed by atoms with Crippen molar-refractivity contribution in [3.8, 4) is 0 Å². The molecule has 0 fully saturated rings. The summed E-state index contributed by atoms with van der Waals surface area (Å²) in [5.41, 5.74) is 5.38. The Hall–Kier alpha value is -1.22. The smallest absolute Gasteiger partial charge is 0.270 e. The lowest BCUT2D eigenvalue weighted by molar-refractivity contribution is -0.385. The van der Waals surface area contributed by atoms with Gasteiger partial charge in [-0.2, -0.15) is 0 Å². The summed E-state index contributed by atoms with van der Waals surface area (Å²) < 4.78 is 25.9. The molecule has 7 nitrogen and oxygen atoms in total. The maximum absolute atomic E-state index is 11.8. The maximum atomic E-state index is 11.8. The summed E-state index contributed by atoms with van der Waals surface area (Å²) in [5.74, 6) is 0.